The number of amidine groups is 1. The third-order valence-electron chi connectivity index (χ3n) is 2.58. The number of nitrogens with one attached hydrogen (secondary N) is 2. The van der Waals surface area contributed by atoms with E-state index in [1.165, 1.54) is 31.6 Å². The first-order valence-corrected chi connectivity index (χ1v) is 6.80. The van der Waals surface area contributed by atoms with Crippen LogP contribution in [0.5, 0.6) is 0 Å². The number of hydrogen-bond donors (Lipinski definition) is 2. The fourth-order valence-corrected chi connectivity index (χ4v) is 2.42. The summed E-state index contributed by atoms with van der Waals surface area (Å²) >= 11 is 0.922. The van der Waals surface area contributed by atoms with Crippen molar-refractivity contribution < 1.29 is 19.1 Å². The highest BCUT2D eigenvalue weighted by Crippen LogP contribution is 2.23. The Bertz CT molecular complexity index is 590. The number of methoxy groups -OCH3 is 1. The standard InChI is InChI=1S/C12H12N4O4S/c1-20-9(17)6-8-10(14-12(19)21-8)15-16-11(18)7-2-4-13-5-3-7/h2-5,8H,6H2,1H3,(H,16,18)(H,14,15,19)/t8-/m0/s1. The SMILES string of the molecule is COC(=O)C[C@@H]1SC(=O)N/C1=N\NC(=O)c1ccncc1. The molecule has 0 aliphatic carbocycles. The van der Waals surface area contributed by atoms with Gasteiger partial charge in [-0.05, 0) is 12.1 Å². The maximum Gasteiger partial charge on any atom is 0.307 e. The van der Waals surface area contributed by atoms with Crippen LogP contribution in [0.4, 0.5) is 4.79 Å². The highest BCUT2D eigenvalue weighted by Gasteiger charge is 2.32. The van der Waals surface area contributed by atoms with Crippen LogP contribution in [0.1, 0.15) is 16.8 Å². The molecule has 1 aromatic rings. The van der Waals surface area contributed by atoms with Gasteiger partial charge in [0, 0.05) is 18.0 Å². The molecule has 1 aliphatic heterocycles. The number of hydrogen-bond acceptors (Lipinski definition) is 7. The van der Waals surface area contributed by atoms with Crippen LogP contribution in [0, 0.1) is 0 Å². The largest absolute Gasteiger partial charge is 0.469 e. The summed E-state index contributed by atoms with van der Waals surface area (Å²) < 4.78 is 4.55. The van der Waals surface area contributed by atoms with Crippen molar-refractivity contribution in [3.8, 4) is 0 Å². The quantitative estimate of drug-likeness (QED) is 0.619. The lowest BCUT2D eigenvalue weighted by Crippen LogP contribution is -2.31. The van der Waals surface area contributed by atoms with Gasteiger partial charge in [0.05, 0.1) is 18.8 Å². The molecule has 0 unspecified atom stereocenters. The second kappa shape index (κ2) is 6.84. The fraction of sp³-hybridized carbons (Fsp3) is 0.250. The molecule has 21 heavy (non-hydrogen) atoms. The lowest BCUT2D eigenvalue weighted by atomic mass is 10.2. The van der Waals surface area contributed by atoms with Crippen LogP contribution in [-0.2, 0) is 9.53 Å². The van der Waals surface area contributed by atoms with Gasteiger partial charge in [0.1, 0.15) is 5.84 Å². The molecular weight excluding hydrogens is 296 g/mol. The Morgan fingerprint density at radius 3 is 2.86 bits per heavy atom. The van der Waals surface area contributed by atoms with Gasteiger partial charge in [0.15, 0.2) is 0 Å². The summed E-state index contributed by atoms with van der Waals surface area (Å²) in [4.78, 5) is 38.2. The fourth-order valence-electron chi connectivity index (χ4n) is 1.55. The van der Waals surface area contributed by atoms with Gasteiger partial charge in [-0.15, -0.1) is 0 Å². The number of ether oxygens (including phenoxy) is 1. The van der Waals surface area contributed by atoms with Gasteiger partial charge in [-0.25, -0.2) is 5.43 Å². The third-order valence-corrected chi connectivity index (χ3v) is 3.58. The summed E-state index contributed by atoms with van der Waals surface area (Å²) in [6, 6.07) is 3.06. The number of pyridine rings is 1. The molecule has 1 fully saturated rings. The predicted molar refractivity (Wildman–Crippen MR) is 75.7 cm³/mol. The van der Waals surface area contributed by atoms with Crippen molar-refractivity contribution in [2.75, 3.05) is 7.11 Å². The van der Waals surface area contributed by atoms with Crippen molar-refractivity contribution in [3.63, 3.8) is 0 Å². The predicted octanol–water partition coefficient (Wildman–Crippen LogP) is 0.513. The zero-order chi connectivity index (χ0) is 15.2. The number of rotatable bonds is 4. The van der Waals surface area contributed by atoms with Crippen molar-refractivity contribution in [2.45, 2.75) is 11.7 Å². The van der Waals surface area contributed by atoms with Crippen LogP contribution in [0.15, 0.2) is 29.6 Å². The average molecular weight is 308 g/mol. The number of hydrazone groups is 1. The number of esters is 1. The minimum atomic E-state index is -0.498. The van der Waals surface area contributed by atoms with E-state index in [9.17, 15) is 14.4 Å². The van der Waals surface area contributed by atoms with E-state index in [-0.39, 0.29) is 17.5 Å². The zero-order valence-corrected chi connectivity index (χ0v) is 11.8. The molecule has 9 heteroatoms. The van der Waals surface area contributed by atoms with Crippen molar-refractivity contribution in [2.24, 2.45) is 5.10 Å². The summed E-state index contributed by atoms with van der Waals surface area (Å²) in [5.74, 6) is -0.678. The molecule has 0 spiro atoms. The van der Waals surface area contributed by atoms with Crippen LogP contribution < -0.4 is 10.7 Å². The molecule has 1 saturated heterocycles. The van der Waals surface area contributed by atoms with Crippen LogP contribution >= 0.6 is 11.8 Å². The third kappa shape index (κ3) is 4.02. The lowest BCUT2D eigenvalue weighted by Gasteiger charge is -2.07. The molecule has 2 heterocycles. The Labute approximate surface area is 124 Å². The number of aromatic nitrogens is 1. The van der Waals surface area contributed by atoms with E-state index in [1.807, 2.05) is 0 Å². The normalized spacial score (nSPS) is 19.2. The number of carbonyl (C=O) groups is 3. The van der Waals surface area contributed by atoms with Gasteiger partial charge in [-0.2, -0.15) is 5.10 Å². The highest BCUT2D eigenvalue weighted by molar-refractivity contribution is 8.15. The lowest BCUT2D eigenvalue weighted by molar-refractivity contribution is -0.140. The Kier molecular flexibility index (Phi) is 4.88. The molecule has 0 aromatic carbocycles. The summed E-state index contributed by atoms with van der Waals surface area (Å²) in [6.07, 6.45) is 2.95. The van der Waals surface area contributed by atoms with Crippen LogP contribution in [0.3, 0.4) is 0 Å². The molecule has 1 aromatic heterocycles. The molecule has 8 nitrogen and oxygen atoms in total. The number of thioether (sulfide) groups is 1. The van der Waals surface area contributed by atoms with Crippen LogP contribution in [0.2, 0.25) is 0 Å². The Hall–Kier alpha value is -2.42. The first kappa shape index (κ1) is 15.0. The van der Waals surface area contributed by atoms with Gasteiger partial charge in [0.2, 0.25) is 0 Å². The molecule has 2 rings (SSSR count). The highest BCUT2D eigenvalue weighted by atomic mass is 32.2. The molecule has 1 atom stereocenters. The maximum absolute atomic E-state index is 11.8. The molecule has 2 amide bonds. The van der Waals surface area contributed by atoms with Crippen molar-refractivity contribution in [1.82, 2.24) is 15.7 Å². The van der Waals surface area contributed by atoms with E-state index in [1.54, 1.807) is 0 Å². The average Bonchev–Trinajstić information content (AvgIpc) is 2.85. The van der Waals surface area contributed by atoms with E-state index in [0.29, 0.717) is 5.56 Å². The molecule has 110 valence electrons. The van der Waals surface area contributed by atoms with Crippen LogP contribution in [-0.4, -0.2) is 40.3 Å². The van der Waals surface area contributed by atoms with E-state index in [4.69, 9.17) is 0 Å². The van der Waals surface area contributed by atoms with Crippen LogP contribution in [0.25, 0.3) is 0 Å². The number of amides is 2. The van der Waals surface area contributed by atoms with Gasteiger partial charge < -0.3 is 10.1 Å². The molecule has 0 radical (unpaired) electrons. The summed E-state index contributed by atoms with van der Waals surface area (Å²) in [5.41, 5.74) is 2.71. The van der Waals surface area contributed by atoms with Gasteiger partial charge >= 0.3 is 5.97 Å². The second-order valence-corrected chi connectivity index (χ2v) is 5.15. The molecule has 0 bridgehead atoms. The second-order valence-electron chi connectivity index (χ2n) is 3.97. The minimum Gasteiger partial charge on any atom is -0.469 e. The van der Waals surface area contributed by atoms with Gasteiger partial charge in [-0.1, -0.05) is 11.8 Å². The van der Waals surface area contributed by atoms with Crippen molar-refractivity contribution >= 4 is 34.7 Å². The zero-order valence-electron chi connectivity index (χ0n) is 11.0. The summed E-state index contributed by atoms with van der Waals surface area (Å²) in [6.45, 7) is 0. The molecule has 0 saturated carbocycles. The maximum atomic E-state index is 11.8. The number of carbonyl (C=O) groups excluding carboxylic acids is 3. The van der Waals surface area contributed by atoms with E-state index < -0.39 is 17.1 Å². The monoisotopic (exact) mass is 308 g/mol. The van der Waals surface area contributed by atoms with E-state index in [0.717, 1.165) is 11.8 Å². The number of nitrogens with zero attached hydrogens (tertiary/aromatic N) is 2. The van der Waals surface area contributed by atoms with Gasteiger partial charge in [-0.3, -0.25) is 19.4 Å². The molecule has 2 N–H and O–H groups in total. The summed E-state index contributed by atoms with van der Waals surface area (Å²) in [5, 5.41) is 5.50. The molecule has 1 aliphatic rings. The topological polar surface area (TPSA) is 110 Å². The molecular formula is C12H12N4O4S. The minimum absolute atomic E-state index is 0.0101. The summed E-state index contributed by atoms with van der Waals surface area (Å²) in [7, 11) is 1.26. The van der Waals surface area contributed by atoms with Gasteiger partial charge in [0.25, 0.3) is 11.1 Å². The Balaban J connectivity index is 2.03. The van der Waals surface area contributed by atoms with E-state index >= 15 is 0 Å². The first-order chi connectivity index (χ1) is 10.1. The smallest absolute Gasteiger partial charge is 0.307 e. The van der Waals surface area contributed by atoms with Crippen molar-refractivity contribution in [1.29, 1.82) is 0 Å². The van der Waals surface area contributed by atoms with Crippen molar-refractivity contribution in [3.05, 3.63) is 30.1 Å². The Morgan fingerprint density at radius 2 is 2.19 bits per heavy atom. The van der Waals surface area contributed by atoms with E-state index in [2.05, 4.69) is 25.6 Å². The Morgan fingerprint density at radius 1 is 1.48 bits per heavy atom. The first-order valence-electron chi connectivity index (χ1n) is 5.92.